The molecule has 2 heterocycles. The van der Waals surface area contributed by atoms with E-state index in [-0.39, 0.29) is 56.0 Å². The van der Waals surface area contributed by atoms with E-state index in [1.54, 1.807) is 35.2 Å². The molecule has 1 saturated heterocycles. The molecule has 0 aromatic heterocycles. The van der Waals surface area contributed by atoms with E-state index in [1.165, 1.54) is 9.21 Å². The minimum absolute atomic E-state index is 0.0942. The lowest BCUT2D eigenvalue weighted by Gasteiger charge is -2.36. The van der Waals surface area contributed by atoms with Crippen LogP contribution in [0.5, 0.6) is 5.75 Å². The summed E-state index contributed by atoms with van der Waals surface area (Å²) in [5.74, 6) is 0.459. The second kappa shape index (κ2) is 9.52. The van der Waals surface area contributed by atoms with E-state index in [1.807, 2.05) is 18.2 Å². The van der Waals surface area contributed by atoms with E-state index in [0.29, 0.717) is 17.4 Å². The maximum absolute atomic E-state index is 13.1. The number of benzene rings is 2. The Kier molecular flexibility index (Phi) is 6.71. The molecule has 9 heteroatoms. The van der Waals surface area contributed by atoms with Crippen LogP contribution in [0.3, 0.4) is 0 Å². The zero-order valence-electron chi connectivity index (χ0n) is 18.9. The van der Waals surface area contributed by atoms with Gasteiger partial charge in [0.25, 0.3) is 5.91 Å². The molecular weight excluding hydrogens is 442 g/mol. The fourth-order valence-corrected chi connectivity index (χ4v) is 5.52. The highest BCUT2D eigenvalue weighted by Crippen LogP contribution is 2.31. The number of nitrogens with zero attached hydrogens (tertiary/aromatic N) is 3. The second-order valence-corrected chi connectivity index (χ2v) is 10.3. The smallest absolute Gasteiger partial charge is 0.265 e. The molecule has 0 radical (unpaired) electrons. The molecular formula is C24H29N3O5S. The molecule has 0 spiro atoms. The van der Waals surface area contributed by atoms with Crippen molar-refractivity contribution in [3.8, 4) is 5.75 Å². The lowest BCUT2D eigenvalue weighted by Crippen LogP contribution is -2.53. The Morgan fingerprint density at radius 3 is 2.36 bits per heavy atom. The van der Waals surface area contributed by atoms with Gasteiger partial charge in [-0.2, -0.15) is 4.31 Å². The van der Waals surface area contributed by atoms with Crippen LogP contribution in [0.2, 0.25) is 0 Å². The number of amides is 2. The van der Waals surface area contributed by atoms with Gasteiger partial charge in [-0.15, -0.1) is 0 Å². The third kappa shape index (κ3) is 4.74. The summed E-state index contributed by atoms with van der Waals surface area (Å²) in [6, 6.07) is 14.2. The minimum Gasteiger partial charge on any atom is -0.482 e. The van der Waals surface area contributed by atoms with Crippen LogP contribution in [-0.2, 0) is 19.6 Å². The molecule has 1 unspecified atom stereocenters. The van der Waals surface area contributed by atoms with Crippen LogP contribution in [0.25, 0.3) is 0 Å². The molecule has 176 valence electrons. The number of sulfonamides is 1. The van der Waals surface area contributed by atoms with Gasteiger partial charge in [0.05, 0.1) is 10.6 Å². The maximum Gasteiger partial charge on any atom is 0.265 e. The molecule has 1 fully saturated rings. The SMILES string of the molecule is CCC(C)c1ccc(S(=O)(=O)N2CCN(C(=O)CN3C(=O)COc4ccccc43)CC2)cc1. The first-order chi connectivity index (χ1) is 15.8. The van der Waals surface area contributed by atoms with Crippen molar-refractivity contribution in [2.45, 2.75) is 31.1 Å². The molecule has 33 heavy (non-hydrogen) atoms. The van der Waals surface area contributed by atoms with Crippen LogP contribution in [0.1, 0.15) is 31.7 Å². The number of rotatable bonds is 6. The molecule has 0 saturated carbocycles. The predicted octanol–water partition coefficient (Wildman–Crippen LogP) is 2.46. The molecule has 8 nitrogen and oxygen atoms in total. The number of anilines is 1. The van der Waals surface area contributed by atoms with Crippen molar-refractivity contribution in [3.63, 3.8) is 0 Å². The van der Waals surface area contributed by atoms with Crippen molar-refractivity contribution in [1.29, 1.82) is 0 Å². The molecule has 2 amide bonds. The van der Waals surface area contributed by atoms with E-state index in [9.17, 15) is 18.0 Å². The Hall–Kier alpha value is -2.91. The fourth-order valence-electron chi connectivity index (χ4n) is 4.09. The Labute approximate surface area is 194 Å². The third-order valence-corrected chi connectivity index (χ3v) is 8.31. The topological polar surface area (TPSA) is 87.2 Å². The molecule has 2 aliphatic heterocycles. The fraction of sp³-hybridized carbons (Fsp3) is 0.417. The minimum atomic E-state index is -3.62. The number of piperazine rings is 1. The van der Waals surface area contributed by atoms with Gasteiger partial charge in [-0.25, -0.2) is 8.42 Å². The van der Waals surface area contributed by atoms with Crippen molar-refractivity contribution in [1.82, 2.24) is 9.21 Å². The van der Waals surface area contributed by atoms with Crippen molar-refractivity contribution in [3.05, 3.63) is 54.1 Å². The van der Waals surface area contributed by atoms with Crippen LogP contribution in [0.15, 0.2) is 53.4 Å². The van der Waals surface area contributed by atoms with E-state index < -0.39 is 10.0 Å². The predicted molar refractivity (Wildman–Crippen MR) is 125 cm³/mol. The molecule has 0 bridgehead atoms. The average Bonchev–Trinajstić information content (AvgIpc) is 2.85. The van der Waals surface area contributed by atoms with E-state index in [0.717, 1.165) is 12.0 Å². The lowest BCUT2D eigenvalue weighted by atomic mass is 9.99. The number of carbonyl (C=O) groups is 2. The Bertz CT molecular complexity index is 1130. The summed E-state index contributed by atoms with van der Waals surface area (Å²) < 4.78 is 33.0. The quantitative estimate of drug-likeness (QED) is 0.646. The monoisotopic (exact) mass is 471 g/mol. The highest BCUT2D eigenvalue weighted by molar-refractivity contribution is 7.89. The Morgan fingerprint density at radius 2 is 1.70 bits per heavy atom. The van der Waals surface area contributed by atoms with Crippen LogP contribution >= 0.6 is 0 Å². The maximum atomic E-state index is 13.1. The Balaban J connectivity index is 1.38. The number of ether oxygens (including phenoxy) is 1. The first-order valence-corrected chi connectivity index (χ1v) is 12.7. The summed E-state index contributed by atoms with van der Waals surface area (Å²) in [5.41, 5.74) is 1.69. The molecule has 2 aromatic carbocycles. The first kappa shape index (κ1) is 23.3. The van der Waals surface area contributed by atoms with E-state index >= 15 is 0 Å². The van der Waals surface area contributed by atoms with Crippen molar-refractivity contribution >= 4 is 27.5 Å². The van der Waals surface area contributed by atoms with Gasteiger partial charge in [0, 0.05) is 26.2 Å². The van der Waals surface area contributed by atoms with Gasteiger partial charge in [0.15, 0.2) is 6.61 Å². The zero-order valence-corrected chi connectivity index (χ0v) is 19.8. The van der Waals surface area contributed by atoms with Crippen molar-refractivity contribution < 1.29 is 22.7 Å². The largest absolute Gasteiger partial charge is 0.482 e. The normalized spacial score (nSPS) is 17.9. The molecule has 2 aliphatic rings. The molecule has 0 aliphatic carbocycles. The van der Waals surface area contributed by atoms with E-state index in [2.05, 4.69) is 13.8 Å². The summed E-state index contributed by atoms with van der Waals surface area (Å²) in [5, 5.41) is 0. The third-order valence-electron chi connectivity index (χ3n) is 6.39. The van der Waals surface area contributed by atoms with E-state index in [4.69, 9.17) is 4.74 Å². The average molecular weight is 472 g/mol. The van der Waals surface area contributed by atoms with Crippen molar-refractivity contribution in [2.24, 2.45) is 0 Å². The lowest BCUT2D eigenvalue weighted by molar-refractivity contribution is -0.133. The Morgan fingerprint density at radius 1 is 1.03 bits per heavy atom. The van der Waals surface area contributed by atoms with Crippen molar-refractivity contribution in [2.75, 3.05) is 44.2 Å². The van der Waals surface area contributed by atoms with Crippen LogP contribution in [0, 0.1) is 0 Å². The molecule has 1 atom stereocenters. The molecule has 4 rings (SSSR count). The summed E-state index contributed by atoms with van der Waals surface area (Å²) >= 11 is 0. The first-order valence-electron chi connectivity index (χ1n) is 11.2. The van der Waals surface area contributed by atoms with Gasteiger partial charge < -0.3 is 9.64 Å². The van der Waals surface area contributed by atoms with Gasteiger partial charge in [-0.1, -0.05) is 38.1 Å². The van der Waals surface area contributed by atoms with Crippen LogP contribution in [0.4, 0.5) is 5.69 Å². The standard InChI is InChI=1S/C24H29N3O5S/c1-3-18(2)19-8-10-20(11-9-19)33(30,31)26-14-12-25(13-15-26)23(28)16-27-21-6-4-5-7-22(21)32-17-24(27)29/h4-11,18H,3,12-17H2,1-2H3. The van der Waals surface area contributed by atoms with Gasteiger partial charge in [0.1, 0.15) is 12.3 Å². The number of hydrogen-bond acceptors (Lipinski definition) is 5. The van der Waals surface area contributed by atoms with Gasteiger partial charge in [0.2, 0.25) is 15.9 Å². The number of fused-ring (bicyclic) bond motifs is 1. The van der Waals surface area contributed by atoms with Gasteiger partial charge in [-0.05, 0) is 42.2 Å². The number of para-hydroxylation sites is 2. The van der Waals surface area contributed by atoms with Gasteiger partial charge in [-0.3, -0.25) is 14.5 Å². The molecule has 2 aromatic rings. The van der Waals surface area contributed by atoms with Crippen LogP contribution < -0.4 is 9.64 Å². The summed E-state index contributed by atoms with van der Waals surface area (Å²) in [7, 11) is -3.62. The summed E-state index contributed by atoms with van der Waals surface area (Å²) in [6.45, 7) is 5.01. The highest BCUT2D eigenvalue weighted by atomic mass is 32.2. The van der Waals surface area contributed by atoms with Crippen LogP contribution in [-0.4, -0.2) is 68.8 Å². The summed E-state index contributed by atoms with van der Waals surface area (Å²) in [6.07, 6.45) is 0.990. The number of carbonyl (C=O) groups excluding carboxylic acids is 2. The molecule has 0 N–H and O–H groups in total. The summed E-state index contributed by atoms with van der Waals surface area (Å²) in [4.78, 5) is 28.6. The zero-order chi connectivity index (χ0) is 23.6. The second-order valence-electron chi connectivity index (χ2n) is 8.40. The highest BCUT2D eigenvalue weighted by Gasteiger charge is 2.33. The van der Waals surface area contributed by atoms with Gasteiger partial charge >= 0.3 is 0 Å². The number of hydrogen-bond donors (Lipinski definition) is 0.